The van der Waals surface area contributed by atoms with Crippen molar-refractivity contribution in [3.8, 4) is 0 Å². The quantitative estimate of drug-likeness (QED) is 0.703. The van der Waals surface area contributed by atoms with E-state index in [-0.39, 0.29) is 16.7 Å². The van der Waals surface area contributed by atoms with Crippen molar-refractivity contribution in [3.05, 3.63) is 12.2 Å². The van der Waals surface area contributed by atoms with Crippen molar-refractivity contribution >= 4 is 0 Å². The minimum atomic E-state index is -0.859. The lowest BCUT2D eigenvalue weighted by Gasteiger charge is -2.19. The van der Waals surface area contributed by atoms with Gasteiger partial charge in [-0.1, -0.05) is 39.8 Å². The molecule has 1 unspecified atom stereocenters. The van der Waals surface area contributed by atoms with Crippen LogP contribution in [0.3, 0.4) is 0 Å². The van der Waals surface area contributed by atoms with E-state index in [0.29, 0.717) is 0 Å². The average Bonchev–Trinajstić information content (AvgIpc) is 2.16. The first-order chi connectivity index (χ1) is 6.48. The molecule has 0 aliphatic heterocycles. The maximum atomic E-state index is 12.3. The van der Waals surface area contributed by atoms with E-state index in [1.807, 2.05) is 33.8 Å². The third kappa shape index (κ3) is 16.2. The Hall–Kier alpha value is -0.440. The zero-order chi connectivity index (χ0) is 11.6. The molecule has 0 amide bonds. The number of rotatable bonds is 5. The molecule has 0 heterocycles. The van der Waals surface area contributed by atoms with Gasteiger partial charge in [0.1, 0.15) is 6.17 Å². The Labute approximate surface area is 92.8 Å². The first kappa shape index (κ1) is 20.0. The number of allylic oxidation sites excluding steroid dienone is 2. The van der Waals surface area contributed by atoms with Crippen LogP contribution >= 0.6 is 0 Å². The Bertz CT molecular complexity index is 143. The lowest BCUT2D eigenvalue weighted by Crippen LogP contribution is -2.15. The summed E-state index contributed by atoms with van der Waals surface area (Å²) in [6, 6.07) is 0. The standard InChI is InChI=1S/C10H19FO.C2H6.FH/c1-9(11)6-4-5-7-10(2,3)8-12;1-2;/h4,6,9,12H,5,7-8H2,1-3H3;1-2H3;1H/b6-4+;;. The number of alkyl halides is 1. The van der Waals surface area contributed by atoms with Crippen molar-refractivity contribution in [3.63, 3.8) is 0 Å². The van der Waals surface area contributed by atoms with Gasteiger partial charge in [-0.15, -0.1) is 0 Å². The highest BCUT2D eigenvalue weighted by atomic mass is 19.1. The molecule has 0 saturated heterocycles. The predicted octanol–water partition coefficient (Wildman–Crippen LogP) is 3.88. The predicted molar refractivity (Wildman–Crippen MR) is 63.7 cm³/mol. The van der Waals surface area contributed by atoms with Gasteiger partial charge in [0.05, 0.1) is 0 Å². The van der Waals surface area contributed by atoms with Crippen LogP contribution in [0.4, 0.5) is 9.09 Å². The number of aliphatic hydroxyl groups excluding tert-OH is 1. The molecule has 0 aromatic carbocycles. The van der Waals surface area contributed by atoms with Crippen LogP contribution in [0.25, 0.3) is 0 Å². The molecular weight excluding hydrogens is 198 g/mol. The van der Waals surface area contributed by atoms with E-state index in [0.717, 1.165) is 12.8 Å². The van der Waals surface area contributed by atoms with Crippen LogP contribution < -0.4 is 0 Å². The number of halogens is 2. The summed E-state index contributed by atoms with van der Waals surface area (Å²) in [7, 11) is 0. The SMILES string of the molecule is CC.CC(F)/C=C/CCC(C)(C)CO.F. The molecule has 0 aromatic heterocycles. The Morgan fingerprint density at radius 1 is 1.33 bits per heavy atom. The highest BCUT2D eigenvalue weighted by molar-refractivity contribution is 4.87. The fourth-order valence-electron chi connectivity index (χ4n) is 0.837. The van der Waals surface area contributed by atoms with Gasteiger partial charge in [-0.25, -0.2) is 4.39 Å². The van der Waals surface area contributed by atoms with Crippen molar-refractivity contribution < 1.29 is 14.2 Å². The summed E-state index contributed by atoms with van der Waals surface area (Å²) in [6.45, 7) is 9.69. The van der Waals surface area contributed by atoms with Crippen LogP contribution in [0.1, 0.15) is 47.5 Å². The van der Waals surface area contributed by atoms with E-state index in [4.69, 9.17) is 5.11 Å². The highest BCUT2D eigenvalue weighted by Gasteiger charge is 2.14. The van der Waals surface area contributed by atoms with E-state index in [9.17, 15) is 4.39 Å². The second-order valence-electron chi connectivity index (χ2n) is 3.97. The maximum Gasteiger partial charge on any atom is 0.115 e. The minimum absolute atomic E-state index is 0. The molecular formula is C12H26F2O. The molecule has 0 rings (SSSR count). The molecule has 1 N–H and O–H groups in total. The van der Waals surface area contributed by atoms with Crippen LogP contribution in [0.15, 0.2) is 12.2 Å². The topological polar surface area (TPSA) is 20.2 Å². The molecule has 3 heteroatoms. The Kier molecular flexibility index (Phi) is 15.5. The number of hydrogen-bond donors (Lipinski definition) is 1. The molecule has 94 valence electrons. The lowest BCUT2D eigenvalue weighted by atomic mass is 9.89. The van der Waals surface area contributed by atoms with E-state index < -0.39 is 6.17 Å². The zero-order valence-corrected chi connectivity index (χ0v) is 10.6. The molecule has 0 radical (unpaired) electrons. The van der Waals surface area contributed by atoms with E-state index in [1.54, 1.807) is 6.08 Å². The molecule has 0 bridgehead atoms. The second kappa shape index (κ2) is 11.6. The van der Waals surface area contributed by atoms with Crippen LogP contribution in [-0.2, 0) is 0 Å². The summed E-state index contributed by atoms with van der Waals surface area (Å²) in [5, 5.41) is 8.90. The van der Waals surface area contributed by atoms with Crippen molar-refractivity contribution in [1.82, 2.24) is 0 Å². The fraction of sp³-hybridized carbons (Fsp3) is 0.833. The molecule has 0 fully saturated rings. The first-order valence-corrected chi connectivity index (χ1v) is 5.39. The summed E-state index contributed by atoms with van der Waals surface area (Å²) in [4.78, 5) is 0. The Balaban J connectivity index is -0.000000449. The van der Waals surface area contributed by atoms with Gasteiger partial charge in [0.25, 0.3) is 0 Å². The Morgan fingerprint density at radius 2 is 1.80 bits per heavy atom. The average molecular weight is 224 g/mol. The van der Waals surface area contributed by atoms with Crippen molar-refractivity contribution in [2.45, 2.75) is 53.6 Å². The third-order valence-electron chi connectivity index (χ3n) is 1.82. The maximum absolute atomic E-state index is 12.3. The largest absolute Gasteiger partial charge is 0.396 e. The Morgan fingerprint density at radius 3 is 2.13 bits per heavy atom. The van der Waals surface area contributed by atoms with Gasteiger partial charge < -0.3 is 5.11 Å². The molecule has 0 aromatic rings. The van der Waals surface area contributed by atoms with E-state index in [2.05, 4.69) is 0 Å². The first-order valence-electron chi connectivity index (χ1n) is 5.39. The van der Waals surface area contributed by atoms with Gasteiger partial charge in [0.15, 0.2) is 0 Å². The third-order valence-corrected chi connectivity index (χ3v) is 1.82. The summed E-state index contributed by atoms with van der Waals surface area (Å²) in [5.74, 6) is 0. The van der Waals surface area contributed by atoms with Gasteiger partial charge in [-0.05, 0) is 25.2 Å². The normalized spacial score (nSPS) is 12.7. The zero-order valence-electron chi connectivity index (χ0n) is 10.6. The molecule has 15 heavy (non-hydrogen) atoms. The number of hydrogen-bond acceptors (Lipinski definition) is 1. The summed E-state index contributed by atoms with van der Waals surface area (Å²) >= 11 is 0. The minimum Gasteiger partial charge on any atom is -0.396 e. The molecule has 1 atom stereocenters. The molecule has 0 aliphatic carbocycles. The van der Waals surface area contributed by atoms with Gasteiger partial charge in [-0.2, -0.15) is 0 Å². The van der Waals surface area contributed by atoms with Crippen LogP contribution in [0.5, 0.6) is 0 Å². The fourth-order valence-corrected chi connectivity index (χ4v) is 0.837. The van der Waals surface area contributed by atoms with Crippen LogP contribution in [0.2, 0.25) is 0 Å². The van der Waals surface area contributed by atoms with Crippen molar-refractivity contribution in [1.29, 1.82) is 0 Å². The van der Waals surface area contributed by atoms with Crippen LogP contribution in [0, 0.1) is 5.41 Å². The molecule has 0 spiro atoms. The van der Waals surface area contributed by atoms with Gasteiger partial charge in [0.2, 0.25) is 0 Å². The second-order valence-corrected chi connectivity index (χ2v) is 3.97. The van der Waals surface area contributed by atoms with E-state index in [1.165, 1.54) is 6.92 Å². The summed E-state index contributed by atoms with van der Waals surface area (Å²) in [5.41, 5.74) is -0.0378. The van der Waals surface area contributed by atoms with Gasteiger partial charge in [0, 0.05) is 6.61 Å². The molecule has 0 aliphatic rings. The van der Waals surface area contributed by atoms with Crippen molar-refractivity contribution in [2.24, 2.45) is 5.41 Å². The van der Waals surface area contributed by atoms with Gasteiger partial charge in [-0.3, -0.25) is 4.70 Å². The molecule has 1 nitrogen and oxygen atoms in total. The molecule has 0 saturated carbocycles. The summed E-state index contributed by atoms with van der Waals surface area (Å²) in [6.07, 6.45) is 4.26. The lowest BCUT2D eigenvalue weighted by molar-refractivity contribution is 0.151. The smallest absolute Gasteiger partial charge is 0.115 e. The van der Waals surface area contributed by atoms with Crippen LogP contribution in [-0.4, -0.2) is 17.9 Å². The highest BCUT2D eigenvalue weighted by Crippen LogP contribution is 2.21. The van der Waals surface area contributed by atoms with Gasteiger partial charge >= 0.3 is 0 Å². The van der Waals surface area contributed by atoms with E-state index >= 15 is 0 Å². The summed E-state index contributed by atoms with van der Waals surface area (Å²) < 4.78 is 12.3. The monoisotopic (exact) mass is 224 g/mol. The number of aliphatic hydroxyl groups is 1. The van der Waals surface area contributed by atoms with Crippen molar-refractivity contribution in [2.75, 3.05) is 6.61 Å².